The van der Waals surface area contributed by atoms with Gasteiger partial charge in [-0.05, 0) is 45.0 Å². The molecule has 0 radical (unpaired) electrons. The molecule has 2 N–H and O–H groups in total. The first-order valence-corrected chi connectivity index (χ1v) is 6.96. The molecule has 0 saturated carbocycles. The van der Waals surface area contributed by atoms with E-state index in [0.717, 1.165) is 18.7 Å². The van der Waals surface area contributed by atoms with E-state index in [9.17, 15) is 4.39 Å². The summed E-state index contributed by atoms with van der Waals surface area (Å²) in [7, 11) is 4.09. The highest BCUT2D eigenvalue weighted by molar-refractivity contribution is 5.55. The summed E-state index contributed by atoms with van der Waals surface area (Å²) in [6, 6.07) is 5.50. The van der Waals surface area contributed by atoms with Crippen LogP contribution >= 0.6 is 0 Å². The van der Waals surface area contributed by atoms with Gasteiger partial charge in [-0.3, -0.25) is 0 Å². The number of benzene rings is 1. The lowest BCUT2D eigenvalue weighted by molar-refractivity contribution is 0.313. The lowest BCUT2D eigenvalue weighted by atomic mass is 10.0. The third-order valence-corrected chi connectivity index (χ3v) is 4.05. The number of hydrogen-bond acceptors (Lipinski definition) is 3. The molecule has 0 aromatic heterocycles. The fourth-order valence-corrected chi connectivity index (χ4v) is 2.92. The molecule has 1 aromatic carbocycles. The fraction of sp³-hybridized carbons (Fsp3) is 0.600. The van der Waals surface area contributed by atoms with Crippen LogP contribution < -0.4 is 10.6 Å². The van der Waals surface area contributed by atoms with E-state index in [4.69, 9.17) is 5.73 Å². The molecular formula is C15H24FN3. The van der Waals surface area contributed by atoms with Crippen molar-refractivity contribution in [3.8, 4) is 0 Å². The van der Waals surface area contributed by atoms with Crippen LogP contribution in [0, 0.1) is 5.82 Å². The van der Waals surface area contributed by atoms with Crippen LogP contribution in [0.25, 0.3) is 0 Å². The molecule has 1 saturated heterocycles. The zero-order valence-electron chi connectivity index (χ0n) is 12.1. The van der Waals surface area contributed by atoms with Gasteiger partial charge in [0.15, 0.2) is 0 Å². The predicted octanol–water partition coefficient (Wildman–Crippen LogP) is 2.38. The van der Waals surface area contributed by atoms with Crippen LogP contribution in [0.2, 0.25) is 0 Å². The fourth-order valence-electron chi connectivity index (χ4n) is 2.92. The number of hydrogen-bond donors (Lipinski definition) is 1. The van der Waals surface area contributed by atoms with Crippen LogP contribution in [0.1, 0.15) is 31.4 Å². The number of nitrogens with zero attached hydrogens (tertiary/aromatic N) is 2. The predicted molar refractivity (Wildman–Crippen MR) is 77.9 cm³/mol. The van der Waals surface area contributed by atoms with E-state index in [1.54, 1.807) is 6.07 Å². The molecule has 0 aliphatic carbocycles. The minimum Gasteiger partial charge on any atom is -0.370 e. The Balaban J connectivity index is 2.20. The summed E-state index contributed by atoms with van der Waals surface area (Å²) in [5.41, 5.74) is 7.48. The van der Waals surface area contributed by atoms with Gasteiger partial charge in [0.2, 0.25) is 0 Å². The van der Waals surface area contributed by atoms with Crippen LogP contribution in [0.15, 0.2) is 18.2 Å². The number of likely N-dealkylation sites (tertiary alicyclic amines) is 1. The number of nitrogens with two attached hydrogens (primary N) is 1. The van der Waals surface area contributed by atoms with Crippen molar-refractivity contribution in [2.45, 2.75) is 31.8 Å². The molecule has 3 nitrogen and oxygen atoms in total. The van der Waals surface area contributed by atoms with Gasteiger partial charge < -0.3 is 15.5 Å². The molecule has 1 aliphatic rings. The largest absolute Gasteiger partial charge is 0.370 e. The highest BCUT2D eigenvalue weighted by Gasteiger charge is 2.24. The molecule has 2 atom stereocenters. The highest BCUT2D eigenvalue weighted by atomic mass is 19.1. The van der Waals surface area contributed by atoms with Gasteiger partial charge in [0.05, 0.1) is 5.69 Å². The van der Waals surface area contributed by atoms with Gasteiger partial charge in [-0.1, -0.05) is 12.1 Å². The standard InChI is InChI=1S/C15H24FN3/c1-11(17)13-7-4-8-14(16)15(13)19(3)10-12-6-5-9-18(12)2/h4,7-8,11-12H,5-6,9-10,17H2,1-3H3/t11-,12?/m1/s1. The van der Waals surface area contributed by atoms with Crippen molar-refractivity contribution in [1.82, 2.24) is 4.90 Å². The van der Waals surface area contributed by atoms with E-state index in [2.05, 4.69) is 11.9 Å². The first kappa shape index (κ1) is 14.3. The van der Waals surface area contributed by atoms with Crippen molar-refractivity contribution in [3.05, 3.63) is 29.6 Å². The van der Waals surface area contributed by atoms with Crippen LogP contribution in [-0.2, 0) is 0 Å². The minimum absolute atomic E-state index is 0.158. The quantitative estimate of drug-likeness (QED) is 0.907. The van der Waals surface area contributed by atoms with Crippen molar-refractivity contribution in [1.29, 1.82) is 0 Å². The van der Waals surface area contributed by atoms with E-state index in [1.807, 2.05) is 24.9 Å². The first-order valence-electron chi connectivity index (χ1n) is 6.96. The molecule has 1 aliphatic heterocycles. The van der Waals surface area contributed by atoms with Gasteiger partial charge in [0, 0.05) is 25.7 Å². The summed E-state index contributed by atoms with van der Waals surface area (Å²) in [5, 5.41) is 0. The molecule has 1 heterocycles. The van der Waals surface area contributed by atoms with Crippen molar-refractivity contribution in [2.24, 2.45) is 5.73 Å². The van der Waals surface area contributed by atoms with Gasteiger partial charge >= 0.3 is 0 Å². The molecule has 0 amide bonds. The van der Waals surface area contributed by atoms with Crippen molar-refractivity contribution < 1.29 is 4.39 Å². The SMILES string of the molecule is C[C@@H](N)c1cccc(F)c1N(C)CC1CCCN1C. The number of para-hydroxylation sites is 1. The van der Waals surface area contributed by atoms with Crippen LogP contribution in [0.3, 0.4) is 0 Å². The van der Waals surface area contributed by atoms with Gasteiger partial charge in [0.25, 0.3) is 0 Å². The lowest BCUT2D eigenvalue weighted by Crippen LogP contribution is -2.37. The summed E-state index contributed by atoms with van der Waals surface area (Å²) in [6.07, 6.45) is 2.41. The van der Waals surface area contributed by atoms with Gasteiger partial charge in [0.1, 0.15) is 5.82 Å². The van der Waals surface area contributed by atoms with E-state index >= 15 is 0 Å². The normalized spacial score (nSPS) is 21.6. The van der Waals surface area contributed by atoms with E-state index in [-0.39, 0.29) is 11.9 Å². The summed E-state index contributed by atoms with van der Waals surface area (Å²) in [5.74, 6) is -0.182. The zero-order chi connectivity index (χ0) is 14.0. The maximum absolute atomic E-state index is 14.1. The Morgan fingerprint density at radius 3 is 2.84 bits per heavy atom. The number of rotatable bonds is 4. The van der Waals surface area contributed by atoms with Crippen molar-refractivity contribution >= 4 is 5.69 Å². The topological polar surface area (TPSA) is 32.5 Å². The second-order valence-electron chi connectivity index (χ2n) is 5.62. The van der Waals surface area contributed by atoms with Crippen molar-refractivity contribution in [2.75, 3.05) is 32.1 Å². The second kappa shape index (κ2) is 5.88. The number of likely N-dealkylation sites (N-methyl/N-ethyl adjacent to an activating group) is 2. The summed E-state index contributed by atoms with van der Waals surface area (Å²) >= 11 is 0. The Morgan fingerprint density at radius 2 is 2.26 bits per heavy atom. The Kier molecular flexibility index (Phi) is 4.42. The average molecular weight is 265 g/mol. The highest BCUT2D eigenvalue weighted by Crippen LogP contribution is 2.29. The van der Waals surface area contributed by atoms with E-state index < -0.39 is 0 Å². The van der Waals surface area contributed by atoms with Crippen LogP contribution in [0.5, 0.6) is 0 Å². The van der Waals surface area contributed by atoms with Gasteiger partial charge in [-0.25, -0.2) is 4.39 Å². The molecule has 0 spiro atoms. The number of halogens is 1. The minimum atomic E-state index is -0.182. The van der Waals surface area contributed by atoms with Gasteiger partial charge in [-0.15, -0.1) is 0 Å². The maximum Gasteiger partial charge on any atom is 0.146 e. The second-order valence-corrected chi connectivity index (χ2v) is 5.62. The van der Waals surface area contributed by atoms with Crippen LogP contribution in [0.4, 0.5) is 10.1 Å². The third kappa shape index (κ3) is 3.07. The molecule has 1 aromatic rings. The number of anilines is 1. The first-order chi connectivity index (χ1) is 9.00. The van der Waals surface area contributed by atoms with E-state index in [1.165, 1.54) is 18.9 Å². The molecule has 0 bridgehead atoms. The molecule has 2 rings (SSSR count). The Labute approximate surface area is 115 Å². The Hall–Kier alpha value is -1.13. The molecule has 106 valence electrons. The van der Waals surface area contributed by atoms with E-state index in [0.29, 0.717) is 11.7 Å². The molecular weight excluding hydrogens is 241 g/mol. The molecule has 1 fully saturated rings. The Morgan fingerprint density at radius 1 is 1.53 bits per heavy atom. The smallest absolute Gasteiger partial charge is 0.146 e. The molecule has 4 heteroatoms. The van der Waals surface area contributed by atoms with Crippen molar-refractivity contribution in [3.63, 3.8) is 0 Å². The van der Waals surface area contributed by atoms with Gasteiger partial charge in [-0.2, -0.15) is 0 Å². The molecule has 1 unspecified atom stereocenters. The summed E-state index contributed by atoms with van der Waals surface area (Å²) < 4.78 is 14.1. The van der Waals surface area contributed by atoms with Crippen LogP contribution in [-0.4, -0.2) is 38.1 Å². The average Bonchev–Trinajstić information content (AvgIpc) is 2.74. The molecule has 19 heavy (non-hydrogen) atoms. The maximum atomic E-state index is 14.1. The third-order valence-electron chi connectivity index (χ3n) is 4.05. The monoisotopic (exact) mass is 265 g/mol. The summed E-state index contributed by atoms with van der Waals surface area (Å²) in [6.45, 7) is 3.88. The lowest BCUT2D eigenvalue weighted by Gasteiger charge is -2.29. The summed E-state index contributed by atoms with van der Waals surface area (Å²) in [4.78, 5) is 4.36. The Bertz CT molecular complexity index is 433. The zero-order valence-corrected chi connectivity index (χ0v) is 12.1.